The van der Waals surface area contributed by atoms with E-state index >= 15 is 0 Å². The number of rotatable bonds is 5. The minimum Gasteiger partial charge on any atom is -0.497 e. The van der Waals surface area contributed by atoms with E-state index in [0.29, 0.717) is 6.04 Å². The molecule has 0 spiro atoms. The Hall–Kier alpha value is -1.48. The third-order valence-electron chi connectivity index (χ3n) is 2.94. The van der Waals surface area contributed by atoms with Crippen LogP contribution in [-0.4, -0.2) is 27.3 Å². The summed E-state index contributed by atoms with van der Waals surface area (Å²) in [5.74, 6) is 1.69. The fourth-order valence-electron chi connectivity index (χ4n) is 1.55. The topological polar surface area (TPSA) is 30.5 Å². The number of hydrogen-bond acceptors (Lipinski definition) is 3. The molecule has 0 fully saturated rings. The van der Waals surface area contributed by atoms with E-state index in [1.54, 1.807) is 14.2 Å². The van der Waals surface area contributed by atoms with Gasteiger partial charge in [0.15, 0.2) is 0 Å². The van der Waals surface area contributed by atoms with Crippen LogP contribution in [0.3, 0.4) is 0 Å². The van der Waals surface area contributed by atoms with Crippen molar-refractivity contribution in [2.75, 3.05) is 21.3 Å². The Morgan fingerprint density at radius 1 is 1.29 bits per heavy atom. The van der Waals surface area contributed by atoms with Crippen LogP contribution in [0.25, 0.3) is 6.08 Å². The maximum atomic E-state index is 5.34. The van der Waals surface area contributed by atoms with Gasteiger partial charge in [-0.15, -0.1) is 0 Å². The summed E-state index contributed by atoms with van der Waals surface area (Å²) in [4.78, 5) is 0. The second-order valence-corrected chi connectivity index (χ2v) is 4.01. The van der Waals surface area contributed by atoms with Crippen LogP contribution in [0.4, 0.5) is 0 Å². The monoisotopic (exact) mass is 235 g/mol. The van der Waals surface area contributed by atoms with Gasteiger partial charge in [-0.05, 0) is 39.1 Å². The minimum absolute atomic E-state index is 0.339. The lowest BCUT2D eigenvalue weighted by Gasteiger charge is -2.12. The maximum Gasteiger partial charge on any atom is 0.126 e. The molecule has 1 aromatic rings. The summed E-state index contributed by atoms with van der Waals surface area (Å²) < 4.78 is 10.6. The van der Waals surface area contributed by atoms with Crippen molar-refractivity contribution in [3.05, 3.63) is 29.3 Å². The van der Waals surface area contributed by atoms with Crippen molar-refractivity contribution in [1.82, 2.24) is 5.32 Å². The fraction of sp³-hybridized carbons (Fsp3) is 0.429. The highest BCUT2D eigenvalue weighted by molar-refractivity contribution is 5.62. The Kier molecular flexibility index (Phi) is 5.04. The van der Waals surface area contributed by atoms with Gasteiger partial charge < -0.3 is 14.8 Å². The third kappa shape index (κ3) is 3.49. The highest BCUT2D eigenvalue weighted by Crippen LogP contribution is 2.26. The molecule has 3 nitrogen and oxygen atoms in total. The molecule has 0 saturated heterocycles. The van der Waals surface area contributed by atoms with Crippen molar-refractivity contribution < 1.29 is 9.47 Å². The smallest absolute Gasteiger partial charge is 0.126 e. The summed E-state index contributed by atoms with van der Waals surface area (Å²) >= 11 is 0. The van der Waals surface area contributed by atoms with E-state index in [-0.39, 0.29) is 0 Å². The van der Waals surface area contributed by atoms with Gasteiger partial charge in [-0.2, -0.15) is 0 Å². The van der Waals surface area contributed by atoms with Gasteiger partial charge in [0.25, 0.3) is 0 Å². The van der Waals surface area contributed by atoms with Crippen molar-refractivity contribution in [2.45, 2.75) is 19.9 Å². The van der Waals surface area contributed by atoms with E-state index in [4.69, 9.17) is 9.47 Å². The molecule has 0 aliphatic carbocycles. The van der Waals surface area contributed by atoms with Crippen LogP contribution in [0.1, 0.15) is 19.4 Å². The summed E-state index contributed by atoms with van der Waals surface area (Å²) in [6.07, 6.45) is 2.11. The van der Waals surface area contributed by atoms with Crippen molar-refractivity contribution in [1.29, 1.82) is 0 Å². The van der Waals surface area contributed by atoms with E-state index in [9.17, 15) is 0 Å². The summed E-state index contributed by atoms with van der Waals surface area (Å²) in [7, 11) is 5.29. The SMILES string of the molecule is CNC(C)/C(C)=C/c1cc(OC)ccc1OC. The van der Waals surface area contributed by atoms with Gasteiger partial charge >= 0.3 is 0 Å². The molecule has 0 radical (unpaired) electrons. The zero-order chi connectivity index (χ0) is 12.8. The molecule has 0 aliphatic rings. The first-order chi connectivity index (χ1) is 8.12. The number of hydrogen-bond donors (Lipinski definition) is 1. The van der Waals surface area contributed by atoms with Crippen molar-refractivity contribution in [3.63, 3.8) is 0 Å². The highest BCUT2D eigenvalue weighted by Gasteiger charge is 2.05. The van der Waals surface area contributed by atoms with Gasteiger partial charge in [-0.1, -0.05) is 11.6 Å². The standard InChI is InChI=1S/C14H21NO2/c1-10(11(2)15-3)8-12-9-13(16-4)6-7-14(12)17-5/h6-9,11,15H,1-5H3/b10-8+. The summed E-state index contributed by atoms with van der Waals surface area (Å²) in [6, 6.07) is 6.13. The van der Waals surface area contributed by atoms with E-state index in [1.807, 2.05) is 25.2 Å². The first kappa shape index (κ1) is 13.6. The molecule has 1 aromatic carbocycles. The molecule has 0 saturated carbocycles. The van der Waals surface area contributed by atoms with Crippen LogP contribution in [0.15, 0.2) is 23.8 Å². The highest BCUT2D eigenvalue weighted by atomic mass is 16.5. The normalized spacial score (nSPS) is 13.4. The largest absolute Gasteiger partial charge is 0.497 e. The molecule has 1 unspecified atom stereocenters. The van der Waals surface area contributed by atoms with Gasteiger partial charge in [0.2, 0.25) is 0 Å². The van der Waals surface area contributed by atoms with Gasteiger partial charge in [-0.25, -0.2) is 0 Å². The number of ether oxygens (including phenoxy) is 2. The molecule has 94 valence electrons. The number of nitrogens with one attached hydrogen (secondary N) is 1. The van der Waals surface area contributed by atoms with Gasteiger partial charge in [-0.3, -0.25) is 0 Å². The molecule has 3 heteroatoms. The van der Waals surface area contributed by atoms with Crippen LogP contribution in [-0.2, 0) is 0 Å². The molecular weight excluding hydrogens is 214 g/mol. The quantitative estimate of drug-likeness (QED) is 0.851. The average Bonchev–Trinajstić information content (AvgIpc) is 2.37. The van der Waals surface area contributed by atoms with Crippen molar-refractivity contribution in [2.24, 2.45) is 0 Å². The Labute approximate surface area is 103 Å². The lowest BCUT2D eigenvalue weighted by molar-refractivity contribution is 0.402. The predicted molar refractivity (Wildman–Crippen MR) is 71.7 cm³/mol. The molecule has 17 heavy (non-hydrogen) atoms. The number of likely N-dealkylation sites (N-methyl/N-ethyl adjacent to an activating group) is 1. The van der Waals surface area contributed by atoms with E-state index < -0.39 is 0 Å². The van der Waals surface area contributed by atoms with Gasteiger partial charge in [0.05, 0.1) is 14.2 Å². The molecule has 0 bridgehead atoms. The molecule has 1 rings (SSSR count). The van der Waals surface area contributed by atoms with Crippen molar-refractivity contribution >= 4 is 6.08 Å². The van der Waals surface area contributed by atoms with Gasteiger partial charge in [0.1, 0.15) is 11.5 Å². The molecule has 0 amide bonds. The molecule has 1 N–H and O–H groups in total. The second-order valence-electron chi connectivity index (χ2n) is 4.01. The fourth-order valence-corrected chi connectivity index (χ4v) is 1.55. The lowest BCUT2D eigenvalue weighted by Crippen LogP contribution is -2.21. The minimum atomic E-state index is 0.339. The average molecular weight is 235 g/mol. The Bertz CT molecular complexity index is 399. The van der Waals surface area contributed by atoms with Crippen LogP contribution in [0, 0.1) is 0 Å². The molecule has 0 aromatic heterocycles. The van der Waals surface area contributed by atoms with E-state index in [1.165, 1.54) is 5.57 Å². The summed E-state index contributed by atoms with van der Waals surface area (Å²) in [5, 5.41) is 3.21. The first-order valence-electron chi connectivity index (χ1n) is 5.69. The van der Waals surface area contributed by atoms with Crippen LogP contribution >= 0.6 is 0 Å². The molecule has 0 aliphatic heterocycles. The number of benzene rings is 1. The number of methoxy groups -OCH3 is 2. The zero-order valence-corrected chi connectivity index (χ0v) is 11.2. The molecular formula is C14H21NO2. The Balaban J connectivity index is 3.10. The van der Waals surface area contributed by atoms with E-state index in [2.05, 4.69) is 25.2 Å². The van der Waals surface area contributed by atoms with Crippen LogP contribution in [0.2, 0.25) is 0 Å². The maximum absolute atomic E-state index is 5.34. The van der Waals surface area contributed by atoms with E-state index in [0.717, 1.165) is 17.1 Å². The van der Waals surface area contributed by atoms with Gasteiger partial charge in [0, 0.05) is 11.6 Å². The third-order valence-corrected chi connectivity index (χ3v) is 2.94. The second kappa shape index (κ2) is 6.30. The lowest BCUT2D eigenvalue weighted by atomic mass is 10.1. The Morgan fingerprint density at radius 3 is 2.53 bits per heavy atom. The zero-order valence-electron chi connectivity index (χ0n) is 11.2. The predicted octanol–water partition coefficient (Wildman–Crippen LogP) is 2.72. The van der Waals surface area contributed by atoms with Crippen molar-refractivity contribution in [3.8, 4) is 11.5 Å². The first-order valence-corrected chi connectivity index (χ1v) is 5.69. The molecule has 1 atom stereocenters. The Morgan fingerprint density at radius 2 is 2.00 bits per heavy atom. The molecule has 0 heterocycles. The van der Waals surface area contributed by atoms with Crippen LogP contribution < -0.4 is 14.8 Å². The summed E-state index contributed by atoms with van der Waals surface area (Å²) in [6.45, 7) is 4.22. The summed E-state index contributed by atoms with van der Waals surface area (Å²) in [5.41, 5.74) is 2.28. The van der Waals surface area contributed by atoms with Crippen LogP contribution in [0.5, 0.6) is 11.5 Å².